The zero-order valence-electron chi connectivity index (χ0n) is 10.6. The Bertz CT molecular complexity index is 800. The first-order valence-electron chi connectivity index (χ1n) is 5.83. The number of hydrogen-bond donors (Lipinski definition) is 4. The van der Waals surface area contributed by atoms with Gasteiger partial charge in [0.05, 0.1) is 23.3 Å². The summed E-state index contributed by atoms with van der Waals surface area (Å²) in [7, 11) is -3.81. The van der Waals surface area contributed by atoms with Gasteiger partial charge in [0.15, 0.2) is 6.61 Å². The fourth-order valence-corrected chi connectivity index (χ4v) is 2.80. The summed E-state index contributed by atoms with van der Waals surface area (Å²) in [5, 5.41) is 8.57. The molecule has 2 aromatic rings. The van der Waals surface area contributed by atoms with Crippen LogP contribution in [0, 0.1) is 0 Å². The third-order valence-electron chi connectivity index (χ3n) is 2.81. The Morgan fingerprint density at radius 3 is 2.90 bits per heavy atom. The van der Waals surface area contributed by atoms with Gasteiger partial charge in [0.25, 0.3) is 15.9 Å². The van der Waals surface area contributed by atoms with E-state index in [0.717, 1.165) is 0 Å². The van der Waals surface area contributed by atoms with E-state index < -0.39 is 10.0 Å². The number of H-pyrrole nitrogens is 1. The number of aromatic amines is 1. The predicted octanol–water partition coefficient (Wildman–Crippen LogP) is 0.124. The number of ether oxygens (including phenoxy) is 1. The number of nitrogens with one attached hydrogen (secondary N) is 3. The topological polar surface area (TPSA) is 139 Å². The van der Waals surface area contributed by atoms with Crippen LogP contribution in [0.1, 0.15) is 0 Å². The number of nitrogen functional groups attached to an aromatic ring is 1. The van der Waals surface area contributed by atoms with Gasteiger partial charge in [-0.3, -0.25) is 14.6 Å². The Balaban J connectivity index is 1.96. The highest BCUT2D eigenvalue weighted by Gasteiger charge is 2.21. The second kappa shape index (κ2) is 4.66. The Hall–Kier alpha value is -2.75. The van der Waals surface area contributed by atoms with Gasteiger partial charge in [-0.1, -0.05) is 0 Å². The number of aromatic nitrogens is 2. The van der Waals surface area contributed by atoms with Crippen molar-refractivity contribution in [2.24, 2.45) is 0 Å². The average Bonchev–Trinajstić information content (AvgIpc) is 2.94. The van der Waals surface area contributed by atoms with Gasteiger partial charge in [-0.05, 0) is 6.07 Å². The van der Waals surface area contributed by atoms with Crippen LogP contribution in [0.2, 0.25) is 0 Å². The lowest BCUT2D eigenvalue weighted by atomic mass is 10.2. The molecule has 110 valence electrons. The molecule has 2 heterocycles. The molecule has 1 aromatic heterocycles. The standard InChI is InChI=1S/C11H11N5O4S/c12-7-1-10-9(15-11(17)5-20-10)2-8(7)16-21(18,19)6-3-13-14-4-6/h1-4,16H,5,12H2,(H,13,14)(H,15,17). The molecule has 3 rings (SSSR count). The van der Waals surface area contributed by atoms with Crippen molar-refractivity contribution in [1.29, 1.82) is 0 Å². The SMILES string of the molecule is Nc1cc2c(cc1NS(=O)(=O)c1cn[nH]c1)NC(=O)CO2. The van der Waals surface area contributed by atoms with E-state index in [4.69, 9.17) is 10.5 Å². The molecule has 0 fully saturated rings. The van der Waals surface area contributed by atoms with Gasteiger partial charge in [0, 0.05) is 12.3 Å². The number of rotatable bonds is 3. The smallest absolute Gasteiger partial charge is 0.265 e. The molecule has 5 N–H and O–H groups in total. The minimum atomic E-state index is -3.81. The molecule has 0 radical (unpaired) electrons. The van der Waals surface area contributed by atoms with Gasteiger partial charge >= 0.3 is 0 Å². The Labute approximate surface area is 119 Å². The first kappa shape index (κ1) is 13.2. The number of nitrogens with zero attached hydrogens (tertiary/aromatic N) is 1. The van der Waals surface area contributed by atoms with Crippen molar-refractivity contribution in [2.75, 3.05) is 22.4 Å². The van der Waals surface area contributed by atoms with Crippen LogP contribution in [0.15, 0.2) is 29.4 Å². The van der Waals surface area contributed by atoms with Crippen molar-refractivity contribution in [3.8, 4) is 5.75 Å². The maximum atomic E-state index is 12.1. The zero-order valence-corrected chi connectivity index (χ0v) is 11.4. The van der Waals surface area contributed by atoms with Crippen LogP contribution in [0.25, 0.3) is 0 Å². The van der Waals surface area contributed by atoms with E-state index in [-0.39, 0.29) is 28.8 Å². The van der Waals surface area contributed by atoms with Crippen molar-refractivity contribution in [2.45, 2.75) is 4.90 Å². The maximum Gasteiger partial charge on any atom is 0.265 e. The average molecular weight is 309 g/mol. The number of carbonyl (C=O) groups excluding carboxylic acids is 1. The van der Waals surface area contributed by atoms with E-state index in [0.29, 0.717) is 11.4 Å². The van der Waals surface area contributed by atoms with E-state index in [1.54, 1.807) is 0 Å². The highest BCUT2D eigenvalue weighted by Crippen LogP contribution is 2.35. The Morgan fingerprint density at radius 2 is 2.19 bits per heavy atom. The van der Waals surface area contributed by atoms with Crippen molar-refractivity contribution >= 4 is 33.0 Å². The second-order valence-corrected chi connectivity index (χ2v) is 5.99. The molecule has 0 spiro atoms. The minimum Gasteiger partial charge on any atom is -0.482 e. The number of nitrogens with two attached hydrogens (primary N) is 1. The lowest BCUT2D eigenvalue weighted by Crippen LogP contribution is -2.25. The van der Waals surface area contributed by atoms with E-state index in [9.17, 15) is 13.2 Å². The summed E-state index contributed by atoms with van der Waals surface area (Å²) < 4.78 is 31.7. The zero-order chi connectivity index (χ0) is 15.0. The molecule has 21 heavy (non-hydrogen) atoms. The third-order valence-corrected chi connectivity index (χ3v) is 4.14. The summed E-state index contributed by atoms with van der Waals surface area (Å²) in [6.07, 6.45) is 2.41. The molecule has 0 unspecified atom stereocenters. The number of carbonyl (C=O) groups is 1. The van der Waals surface area contributed by atoms with Crippen LogP contribution in [-0.2, 0) is 14.8 Å². The lowest BCUT2D eigenvalue weighted by molar-refractivity contribution is -0.118. The monoisotopic (exact) mass is 309 g/mol. The molecule has 10 heteroatoms. The predicted molar refractivity (Wildman–Crippen MR) is 74.4 cm³/mol. The molecule has 1 aliphatic heterocycles. The first-order chi connectivity index (χ1) is 9.95. The van der Waals surface area contributed by atoms with Crippen LogP contribution in [0.3, 0.4) is 0 Å². The summed E-state index contributed by atoms with van der Waals surface area (Å²) in [5.41, 5.74) is 6.47. The summed E-state index contributed by atoms with van der Waals surface area (Å²) in [4.78, 5) is 11.2. The molecule has 1 amide bonds. The van der Waals surface area contributed by atoms with E-state index in [1.807, 2.05) is 0 Å². The minimum absolute atomic E-state index is 0.0279. The Morgan fingerprint density at radius 1 is 1.38 bits per heavy atom. The van der Waals surface area contributed by atoms with Crippen molar-refractivity contribution in [1.82, 2.24) is 10.2 Å². The summed E-state index contributed by atoms with van der Waals surface area (Å²) in [6, 6.07) is 2.85. The molecular formula is C11H11N5O4S. The van der Waals surface area contributed by atoms with Crippen LogP contribution in [0.4, 0.5) is 17.1 Å². The van der Waals surface area contributed by atoms with E-state index >= 15 is 0 Å². The lowest BCUT2D eigenvalue weighted by Gasteiger charge is -2.20. The van der Waals surface area contributed by atoms with Gasteiger partial charge in [0.2, 0.25) is 0 Å². The third kappa shape index (κ3) is 2.48. The molecule has 0 saturated heterocycles. The molecule has 0 bridgehead atoms. The molecular weight excluding hydrogens is 298 g/mol. The summed E-state index contributed by atoms with van der Waals surface area (Å²) >= 11 is 0. The summed E-state index contributed by atoms with van der Waals surface area (Å²) in [6.45, 7) is -0.105. The van der Waals surface area contributed by atoms with Crippen LogP contribution >= 0.6 is 0 Å². The fourth-order valence-electron chi connectivity index (χ4n) is 1.82. The number of sulfonamides is 1. The molecule has 1 aliphatic rings. The number of hydrogen-bond acceptors (Lipinski definition) is 6. The molecule has 0 atom stereocenters. The van der Waals surface area contributed by atoms with Gasteiger partial charge in [-0.2, -0.15) is 5.10 Å². The molecule has 1 aromatic carbocycles. The maximum absolute atomic E-state index is 12.1. The normalized spacial score (nSPS) is 14.0. The van der Waals surface area contributed by atoms with Crippen molar-refractivity contribution in [3.63, 3.8) is 0 Å². The van der Waals surface area contributed by atoms with Crippen molar-refractivity contribution in [3.05, 3.63) is 24.5 Å². The number of amides is 1. The second-order valence-electron chi connectivity index (χ2n) is 4.31. The highest BCUT2D eigenvalue weighted by atomic mass is 32.2. The first-order valence-corrected chi connectivity index (χ1v) is 7.32. The van der Waals surface area contributed by atoms with Crippen LogP contribution < -0.4 is 20.5 Å². The highest BCUT2D eigenvalue weighted by molar-refractivity contribution is 7.92. The number of fused-ring (bicyclic) bond motifs is 1. The largest absolute Gasteiger partial charge is 0.482 e. The number of benzene rings is 1. The number of anilines is 3. The van der Waals surface area contributed by atoms with E-state index in [2.05, 4.69) is 20.2 Å². The van der Waals surface area contributed by atoms with Gasteiger partial charge < -0.3 is 15.8 Å². The van der Waals surface area contributed by atoms with Crippen molar-refractivity contribution < 1.29 is 17.9 Å². The Kier molecular flexibility index (Phi) is 2.94. The van der Waals surface area contributed by atoms with Gasteiger partial charge in [0.1, 0.15) is 10.6 Å². The fraction of sp³-hybridized carbons (Fsp3) is 0.0909. The summed E-state index contributed by atoms with van der Waals surface area (Å²) in [5.74, 6) is 0.0641. The molecule has 9 nitrogen and oxygen atoms in total. The van der Waals surface area contributed by atoms with Crippen LogP contribution in [0.5, 0.6) is 5.75 Å². The van der Waals surface area contributed by atoms with Crippen LogP contribution in [-0.4, -0.2) is 31.1 Å². The molecule has 0 saturated carbocycles. The van der Waals surface area contributed by atoms with Gasteiger partial charge in [-0.15, -0.1) is 0 Å². The quantitative estimate of drug-likeness (QED) is 0.594. The van der Waals surface area contributed by atoms with E-state index in [1.165, 1.54) is 24.5 Å². The molecule has 0 aliphatic carbocycles. The van der Waals surface area contributed by atoms with Gasteiger partial charge in [-0.25, -0.2) is 8.42 Å².